The SMILES string of the molecule is CC(C)(C)OC(=O)N[C@@H](CC1C[C@H](C(F)(F)F)NC1=O)C(N)=O. The molecule has 0 aromatic carbocycles. The van der Waals surface area contributed by atoms with Crippen molar-refractivity contribution in [2.75, 3.05) is 0 Å². The third-order valence-corrected chi connectivity index (χ3v) is 3.16. The van der Waals surface area contributed by atoms with Gasteiger partial charge in [0.25, 0.3) is 0 Å². The number of carbonyl (C=O) groups excluding carboxylic acids is 3. The summed E-state index contributed by atoms with van der Waals surface area (Å²) in [6.07, 6.45) is -6.34. The predicted molar refractivity (Wildman–Crippen MR) is 73.1 cm³/mol. The Bertz CT molecular complexity index is 488. The van der Waals surface area contributed by atoms with Crippen molar-refractivity contribution >= 4 is 17.9 Å². The van der Waals surface area contributed by atoms with E-state index in [1.807, 2.05) is 5.32 Å². The second-order valence-corrected chi connectivity index (χ2v) is 6.37. The number of alkyl halides is 3. The smallest absolute Gasteiger partial charge is 0.408 e. The Morgan fingerprint density at radius 1 is 1.39 bits per heavy atom. The van der Waals surface area contributed by atoms with Crippen LogP contribution in [0, 0.1) is 5.92 Å². The van der Waals surface area contributed by atoms with E-state index in [9.17, 15) is 27.6 Å². The summed E-state index contributed by atoms with van der Waals surface area (Å²) in [7, 11) is 0. The highest BCUT2D eigenvalue weighted by atomic mass is 19.4. The number of ether oxygens (including phenoxy) is 1. The number of amides is 3. The second kappa shape index (κ2) is 6.63. The Balaban J connectivity index is 2.69. The maximum atomic E-state index is 12.6. The van der Waals surface area contributed by atoms with Crippen molar-refractivity contribution in [3.63, 3.8) is 0 Å². The maximum Gasteiger partial charge on any atom is 0.408 e. The molecule has 132 valence electrons. The van der Waals surface area contributed by atoms with Gasteiger partial charge in [-0.15, -0.1) is 0 Å². The molecule has 0 spiro atoms. The number of carbonyl (C=O) groups is 3. The predicted octanol–water partition coefficient (Wildman–Crippen LogP) is 0.822. The molecule has 4 N–H and O–H groups in total. The Hall–Kier alpha value is -2.00. The molecule has 1 rings (SSSR count). The highest BCUT2D eigenvalue weighted by molar-refractivity contribution is 5.86. The van der Waals surface area contributed by atoms with E-state index in [0.29, 0.717) is 0 Å². The largest absolute Gasteiger partial charge is 0.444 e. The van der Waals surface area contributed by atoms with Gasteiger partial charge in [-0.1, -0.05) is 0 Å². The van der Waals surface area contributed by atoms with Gasteiger partial charge in [0.15, 0.2) is 0 Å². The molecule has 0 bridgehead atoms. The van der Waals surface area contributed by atoms with E-state index in [-0.39, 0.29) is 6.42 Å². The fourth-order valence-corrected chi connectivity index (χ4v) is 2.14. The van der Waals surface area contributed by atoms with Crippen LogP contribution >= 0.6 is 0 Å². The van der Waals surface area contributed by atoms with Gasteiger partial charge in [-0.3, -0.25) is 9.59 Å². The highest BCUT2D eigenvalue weighted by Crippen LogP contribution is 2.31. The van der Waals surface area contributed by atoms with Gasteiger partial charge >= 0.3 is 12.3 Å². The number of alkyl carbamates (subject to hydrolysis) is 1. The normalized spacial score (nSPS) is 23.1. The molecular weight excluding hydrogens is 319 g/mol. The number of halogens is 3. The van der Waals surface area contributed by atoms with Crippen LogP contribution in [0.4, 0.5) is 18.0 Å². The summed E-state index contributed by atoms with van der Waals surface area (Å²) in [5.74, 6) is -2.86. The molecule has 1 aliphatic rings. The molecule has 1 heterocycles. The van der Waals surface area contributed by atoms with E-state index in [0.717, 1.165) is 0 Å². The number of hydrogen-bond acceptors (Lipinski definition) is 4. The minimum absolute atomic E-state index is 0.326. The van der Waals surface area contributed by atoms with Crippen molar-refractivity contribution in [1.82, 2.24) is 10.6 Å². The molecule has 7 nitrogen and oxygen atoms in total. The number of primary amides is 1. The molecule has 1 saturated heterocycles. The molecule has 1 fully saturated rings. The average Bonchev–Trinajstić information content (AvgIpc) is 2.67. The summed E-state index contributed by atoms with van der Waals surface area (Å²) in [6.45, 7) is 4.80. The van der Waals surface area contributed by atoms with Crippen molar-refractivity contribution in [1.29, 1.82) is 0 Å². The van der Waals surface area contributed by atoms with Crippen molar-refractivity contribution in [3.8, 4) is 0 Å². The first-order valence-electron chi connectivity index (χ1n) is 6.95. The maximum absolute atomic E-state index is 12.6. The zero-order chi connectivity index (χ0) is 18.0. The van der Waals surface area contributed by atoms with Gasteiger partial charge in [-0.05, 0) is 33.6 Å². The summed E-state index contributed by atoms with van der Waals surface area (Å²) in [5, 5.41) is 4.00. The van der Waals surface area contributed by atoms with Crippen LogP contribution in [-0.4, -0.2) is 41.8 Å². The first-order chi connectivity index (χ1) is 10.3. The molecule has 0 aromatic rings. The monoisotopic (exact) mass is 339 g/mol. The standard InChI is InChI=1S/C13H20F3N3O4/c1-12(2,3)23-11(22)18-7(9(17)20)4-6-5-8(13(14,15)16)19-10(6)21/h6-8H,4-5H2,1-3H3,(H2,17,20)(H,18,22)(H,19,21)/t6?,7-,8+/m0/s1. The molecule has 3 atom stereocenters. The Morgan fingerprint density at radius 3 is 2.35 bits per heavy atom. The fourth-order valence-electron chi connectivity index (χ4n) is 2.14. The van der Waals surface area contributed by atoms with Crippen LogP contribution in [0.2, 0.25) is 0 Å². The van der Waals surface area contributed by atoms with Gasteiger partial charge in [-0.25, -0.2) is 4.79 Å². The van der Waals surface area contributed by atoms with Crippen LogP contribution in [-0.2, 0) is 14.3 Å². The molecule has 23 heavy (non-hydrogen) atoms. The van der Waals surface area contributed by atoms with E-state index in [1.165, 1.54) is 0 Å². The van der Waals surface area contributed by atoms with Crippen molar-refractivity contribution in [2.24, 2.45) is 11.7 Å². The van der Waals surface area contributed by atoms with Crippen LogP contribution < -0.4 is 16.4 Å². The first kappa shape index (κ1) is 19.0. The van der Waals surface area contributed by atoms with Gasteiger partial charge in [-0.2, -0.15) is 13.2 Å². The third kappa shape index (κ3) is 5.95. The lowest BCUT2D eigenvalue weighted by Crippen LogP contribution is -2.47. The topological polar surface area (TPSA) is 111 Å². The zero-order valence-corrected chi connectivity index (χ0v) is 13.0. The molecule has 0 saturated carbocycles. The molecule has 3 amide bonds. The van der Waals surface area contributed by atoms with Crippen LogP contribution in [0.25, 0.3) is 0 Å². The molecule has 0 aromatic heterocycles. The van der Waals surface area contributed by atoms with Crippen LogP contribution in [0.15, 0.2) is 0 Å². The molecule has 10 heteroatoms. The van der Waals surface area contributed by atoms with Gasteiger partial charge in [0.1, 0.15) is 17.7 Å². The minimum atomic E-state index is -4.56. The lowest BCUT2D eigenvalue weighted by Gasteiger charge is -2.23. The molecular formula is C13H20F3N3O4. The molecule has 0 radical (unpaired) electrons. The lowest BCUT2D eigenvalue weighted by molar-refractivity contribution is -0.155. The summed E-state index contributed by atoms with van der Waals surface area (Å²) in [4.78, 5) is 34.6. The van der Waals surface area contributed by atoms with E-state index in [2.05, 4.69) is 5.32 Å². The summed E-state index contributed by atoms with van der Waals surface area (Å²) < 4.78 is 42.8. The second-order valence-electron chi connectivity index (χ2n) is 6.37. The lowest BCUT2D eigenvalue weighted by atomic mass is 9.96. The summed E-state index contributed by atoms with van der Waals surface area (Å²) in [6, 6.07) is -3.26. The van der Waals surface area contributed by atoms with E-state index in [4.69, 9.17) is 10.5 Å². The third-order valence-electron chi connectivity index (χ3n) is 3.16. The molecule has 1 unspecified atom stereocenters. The Morgan fingerprint density at radius 2 is 1.96 bits per heavy atom. The number of rotatable bonds is 4. The summed E-state index contributed by atoms with van der Waals surface area (Å²) >= 11 is 0. The van der Waals surface area contributed by atoms with Crippen LogP contribution in [0.3, 0.4) is 0 Å². The van der Waals surface area contributed by atoms with Gasteiger partial charge < -0.3 is 21.1 Å². The number of hydrogen-bond donors (Lipinski definition) is 3. The Labute approximate surface area is 131 Å². The minimum Gasteiger partial charge on any atom is -0.444 e. The first-order valence-corrected chi connectivity index (χ1v) is 6.95. The van der Waals surface area contributed by atoms with Crippen LogP contribution in [0.5, 0.6) is 0 Å². The van der Waals surface area contributed by atoms with Gasteiger partial charge in [0, 0.05) is 5.92 Å². The van der Waals surface area contributed by atoms with Crippen molar-refractivity contribution in [2.45, 2.75) is 57.5 Å². The molecule has 1 aliphatic heterocycles. The quantitative estimate of drug-likeness (QED) is 0.704. The van der Waals surface area contributed by atoms with E-state index >= 15 is 0 Å². The van der Waals surface area contributed by atoms with E-state index < -0.39 is 54.1 Å². The zero-order valence-electron chi connectivity index (χ0n) is 13.0. The van der Waals surface area contributed by atoms with E-state index in [1.54, 1.807) is 20.8 Å². The number of nitrogens with one attached hydrogen (secondary N) is 2. The number of nitrogens with two attached hydrogens (primary N) is 1. The van der Waals surface area contributed by atoms with Crippen molar-refractivity contribution in [3.05, 3.63) is 0 Å². The van der Waals surface area contributed by atoms with Gasteiger partial charge in [0.2, 0.25) is 11.8 Å². The average molecular weight is 339 g/mol. The fraction of sp³-hybridized carbons (Fsp3) is 0.769. The van der Waals surface area contributed by atoms with Gasteiger partial charge in [0.05, 0.1) is 0 Å². The Kier molecular flexibility index (Phi) is 5.49. The van der Waals surface area contributed by atoms with Crippen LogP contribution in [0.1, 0.15) is 33.6 Å². The van der Waals surface area contributed by atoms with Crippen molar-refractivity contribution < 1.29 is 32.3 Å². The highest BCUT2D eigenvalue weighted by Gasteiger charge is 2.48. The molecule has 0 aliphatic carbocycles. The summed E-state index contributed by atoms with van der Waals surface area (Å²) in [5.41, 5.74) is 4.31.